The summed E-state index contributed by atoms with van der Waals surface area (Å²) in [6, 6.07) is 5.43. The van der Waals surface area contributed by atoms with E-state index in [-0.39, 0.29) is 6.61 Å². The van der Waals surface area contributed by atoms with E-state index in [2.05, 4.69) is 15.9 Å². The van der Waals surface area contributed by atoms with Crippen molar-refractivity contribution in [3.8, 4) is 5.75 Å². The molecule has 0 heterocycles. The van der Waals surface area contributed by atoms with Gasteiger partial charge in [0.25, 0.3) is 0 Å². The number of hydrogen-bond acceptors (Lipinski definition) is 2. The maximum Gasteiger partial charge on any atom is 0.137 e. The highest BCUT2D eigenvalue weighted by Crippen LogP contribution is 2.27. The molecule has 1 aromatic carbocycles. The lowest BCUT2D eigenvalue weighted by molar-refractivity contribution is 0.233. The standard InChI is InChI=1S/C9H10BrClO2/c10-7-2-3-9(8(11)6-7)13-5-1-4-12/h2-3,6,12H,1,4-5H2. The molecule has 0 unspecified atom stereocenters. The monoisotopic (exact) mass is 264 g/mol. The molecule has 72 valence electrons. The molecule has 1 N–H and O–H groups in total. The van der Waals surface area contributed by atoms with E-state index < -0.39 is 0 Å². The van der Waals surface area contributed by atoms with Crippen LogP contribution in [0.1, 0.15) is 6.42 Å². The average molecular weight is 266 g/mol. The van der Waals surface area contributed by atoms with Crippen molar-refractivity contribution in [1.82, 2.24) is 0 Å². The zero-order valence-electron chi connectivity index (χ0n) is 6.96. The number of rotatable bonds is 4. The van der Waals surface area contributed by atoms with Crippen LogP contribution < -0.4 is 4.74 Å². The number of halogens is 2. The zero-order valence-corrected chi connectivity index (χ0v) is 9.31. The van der Waals surface area contributed by atoms with E-state index in [0.717, 1.165) is 4.47 Å². The van der Waals surface area contributed by atoms with Gasteiger partial charge in [-0.15, -0.1) is 0 Å². The third kappa shape index (κ3) is 3.55. The van der Waals surface area contributed by atoms with Gasteiger partial charge in [0.2, 0.25) is 0 Å². The van der Waals surface area contributed by atoms with Gasteiger partial charge < -0.3 is 9.84 Å². The van der Waals surface area contributed by atoms with Crippen LogP contribution in [0.25, 0.3) is 0 Å². The topological polar surface area (TPSA) is 29.5 Å². The van der Waals surface area contributed by atoms with Crippen molar-refractivity contribution in [1.29, 1.82) is 0 Å². The molecular formula is C9H10BrClO2. The van der Waals surface area contributed by atoms with Gasteiger partial charge in [0.1, 0.15) is 5.75 Å². The highest BCUT2D eigenvalue weighted by molar-refractivity contribution is 9.10. The van der Waals surface area contributed by atoms with Crippen molar-refractivity contribution < 1.29 is 9.84 Å². The molecule has 0 amide bonds. The molecule has 0 aliphatic carbocycles. The zero-order chi connectivity index (χ0) is 9.68. The maximum absolute atomic E-state index is 8.54. The van der Waals surface area contributed by atoms with Crippen LogP contribution in [-0.4, -0.2) is 18.3 Å². The number of ether oxygens (including phenoxy) is 1. The van der Waals surface area contributed by atoms with E-state index >= 15 is 0 Å². The van der Waals surface area contributed by atoms with Crippen LogP contribution in [-0.2, 0) is 0 Å². The van der Waals surface area contributed by atoms with E-state index in [0.29, 0.717) is 23.8 Å². The quantitative estimate of drug-likeness (QED) is 0.848. The Kier molecular flexibility index (Phi) is 4.56. The Balaban J connectivity index is 2.56. The second-order valence-electron chi connectivity index (χ2n) is 2.50. The summed E-state index contributed by atoms with van der Waals surface area (Å²) in [4.78, 5) is 0. The molecule has 0 atom stereocenters. The molecule has 0 bridgehead atoms. The summed E-state index contributed by atoms with van der Waals surface area (Å²) in [5.74, 6) is 0.651. The van der Waals surface area contributed by atoms with Crippen molar-refractivity contribution in [2.24, 2.45) is 0 Å². The minimum Gasteiger partial charge on any atom is -0.492 e. The van der Waals surface area contributed by atoms with Gasteiger partial charge in [0.15, 0.2) is 0 Å². The smallest absolute Gasteiger partial charge is 0.137 e. The molecule has 1 aromatic rings. The Morgan fingerprint density at radius 3 is 2.85 bits per heavy atom. The van der Waals surface area contributed by atoms with Crippen LogP contribution in [0.5, 0.6) is 5.75 Å². The second-order valence-corrected chi connectivity index (χ2v) is 3.82. The highest BCUT2D eigenvalue weighted by Gasteiger charge is 2.00. The molecule has 0 spiro atoms. The molecule has 0 aromatic heterocycles. The Bertz CT molecular complexity index is 278. The summed E-state index contributed by atoms with van der Waals surface area (Å²) in [6.45, 7) is 0.617. The molecule has 0 fully saturated rings. The summed E-state index contributed by atoms with van der Waals surface area (Å²) < 4.78 is 6.24. The molecule has 0 saturated heterocycles. The van der Waals surface area contributed by atoms with Crippen molar-refractivity contribution >= 4 is 27.5 Å². The maximum atomic E-state index is 8.54. The fourth-order valence-corrected chi connectivity index (χ4v) is 1.57. The first kappa shape index (κ1) is 10.8. The predicted octanol–water partition coefficient (Wildman–Crippen LogP) is 2.86. The molecule has 4 heteroatoms. The van der Waals surface area contributed by atoms with Gasteiger partial charge >= 0.3 is 0 Å². The van der Waals surface area contributed by atoms with Crippen molar-refractivity contribution in [3.63, 3.8) is 0 Å². The van der Waals surface area contributed by atoms with Crippen molar-refractivity contribution in [2.45, 2.75) is 6.42 Å². The third-order valence-corrected chi connectivity index (χ3v) is 2.24. The summed E-state index contributed by atoms with van der Waals surface area (Å²) in [7, 11) is 0. The van der Waals surface area contributed by atoms with Crippen LogP contribution >= 0.6 is 27.5 Å². The van der Waals surface area contributed by atoms with Gasteiger partial charge in [0, 0.05) is 17.5 Å². The summed E-state index contributed by atoms with van der Waals surface area (Å²) >= 11 is 9.19. The Morgan fingerprint density at radius 2 is 2.23 bits per heavy atom. The Hall–Kier alpha value is -0.250. The first-order chi connectivity index (χ1) is 6.24. The van der Waals surface area contributed by atoms with Gasteiger partial charge in [-0.05, 0) is 18.2 Å². The van der Waals surface area contributed by atoms with Crippen LogP contribution in [0.3, 0.4) is 0 Å². The van der Waals surface area contributed by atoms with E-state index in [4.69, 9.17) is 21.4 Å². The number of hydrogen-bond donors (Lipinski definition) is 1. The number of aliphatic hydroxyl groups excluding tert-OH is 1. The molecular weight excluding hydrogens is 255 g/mol. The van der Waals surface area contributed by atoms with Crippen LogP contribution in [0.2, 0.25) is 5.02 Å². The molecule has 0 radical (unpaired) electrons. The summed E-state index contributed by atoms with van der Waals surface area (Å²) in [6.07, 6.45) is 0.617. The van der Waals surface area contributed by atoms with Crippen molar-refractivity contribution in [3.05, 3.63) is 27.7 Å². The third-order valence-electron chi connectivity index (χ3n) is 1.45. The first-order valence-electron chi connectivity index (χ1n) is 3.93. The highest BCUT2D eigenvalue weighted by atomic mass is 79.9. The van der Waals surface area contributed by atoms with Crippen LogP contribution in [0, 0.1) is 0 Å². The SMILES string of the molecule is OCCCOc1ccc(Br)cc1Cl. The Morgan fingerprint density at radius 1 is 1.46 bits per heavy atom. The fourth-order valence-electron chi connectivity index (χ4n) is 0.839. The summed E-state index contributed by atoms with van der Waals surface area (Å²) in [5.41, 5.74) is 0. The van der Waals surface area contributed by atoms with Crippen LogP contribution in [0.4, 0.5) is 0 Å². The minimum absolute atomic E-state index is 0.133. The van der Waals surface area contributed by atoms with Gasteiger partial charge in [-0.3, -0.25) is 0 Å². The van der Waals surface area contributed by atoms with Crippen LogP contribution in [0.15, 0.2) is 22.7 Å². The molecule has 0 saturated carbocycles. The van der Waals surface area contributed by atoms with Gasteiger partial charge in [-0.25, -0.2) is 0 Å². The Labute approximate surface area is 90.6 Å². The minimum atomic E-state index is 0.133. The van der Waals surface area contributed by atoms with E-state index in [1.54, 1.807) is 12.1 Å². The van der Waals surface area contributed by atoms with E-state index in [1.807, 2.05) is 6.07 Å². The van der Waals surface area contributed by atoms with Gasteiger partial charge in [-0.1, -0.05) is 27.5 Å². The normalized spacial score (nSPS) is 10.1. The first-order valence-corrected chi connectivity index (χ1v) is 5.10. The molecule has 0 aliphatic rings. The molecule has 13 heavy (non-hydrogen) atoms. The van der Waals surface area contributed by atoms with Gasteiger partial charge in [0.05, 0.1) is 11.6 Å². The summed E-state index contributed by atoms with van der Waals surface area (Å²) in [5, 5.41) is 9.11. The lowest BCUT2D eigenvalue weighted by atomic mass is 10.3. The second kappa shape index (κ2) is 5.47. The molecule has 1 rings (SSSR count). The van der Waals surface area contributed by atoms with E-state index in [1.165, 1.54) is 0 Å². The predicted molar refractivity (Wildman–Crippen MR) is 56.3 cm³/mol. The number of benzene rings is 1. The average Bonchev–Trinajstić information content (AvgIpc) is 2.09. The fraction of sp³-hybridized carbons (Fsp3) is 0.333. The largest absolute Gasteiger partial charge is 0.492 e. The number of aliphatic hydroxyl groups is 1. The van der Waals surface area contributed by atoms with Gasteiger partial charge in [-0.2, -0.15) is 0 Å². The van der Waals surface area contributed by atoms with E-state index in [9.17, 15) is 0 Å². The lowest BCUT2D eigenvalue weighted by Gasteiger charge is -2.06. The lowest BCUT2D eigenvalue weighted by Crippen LogP contribution is -1.99. The molecule has 0 aliphatic heterocycles. The molecule has 2 nitrogen and oxygen atoms in total. The van der Waals surface area contributed by atoms with Crippen molar-refractivity contribution in [2.75, 3.05) is 13.2 Å².